The minimum atomic E-state index is -0.337. The highest BCUT2D eigenvalue weighted by Gasteiger charge is 2.16. The number of benzene rings is 2. The predicted octanol–water partition coefficient (Wildman–Crippen LogP) is 3.22. The van der Waals surface area contributed by atoms with Crippen LogP contribution in [0.2, 0.25) is 0 Å². The molecule has 2 aromatic carbocycles. The molecule has 0 aliphatic carbocycles. The summed E-state index contributed by atoms with van der Waals surface area (Å²) in [5, 5.41) is 0. The third-order valence-electron chi connectivity index (χ3n) is 3.11. The Balaban J connectivity index is 2.26. The summed E-state index contributed by atoms with van der Waals surface area (Å²) in [6, 6.07) is 12.2. The number of nitrogens with two attached hydrogens (primary N) is 1. The van der Waals surface area contributed by atoms with E-state index in [1.807, 2.05) is 24.3 Å². The van der Waals surface area contributed by atoms with Crippen molar-refractivity contribution in [1.29, 1.82) is 0 Å². The van der Waals surface area contributed by atoms with Crippen molar-refractivity contribution in [3.8, 4) is 11.5 Å². The van der Waals surface area contributed by atoms with E-state index in [2.05, 4.69) is 0 Å². The average Bonchev–Trinajstić information content (AvgIpc) is 2.48. The summed E-state index contributed by atoms with van der Waals surface area (Å²) in [4.78, 5) is 0. The maximum Gasteiger partial charge on any atom is 0.139 e. The Hall–Kier alpha value is -2.07. The summed E-state index contributed by atoms with van der Waals surface area (Å²) in [5.41, 5.74) is 7.20. The third-order valence-corrected chi connectivity index (χ3v) is 3.11. The van der Waals surface area contributed by atoms with Crippen molar-refractivity contribution in [3.05, 3.63) is 59.4 Å². The Kier molecular flexibility index (Phi) is 4.58. The summed E-state index contributed by atoms with van der Waals surface area (Å²) >= 11 is 0. The molecule has 0 saturated carbocycles. The quantitative estimate of drug-likeness (QED) is 0.911. The number of ether oxygens (including phenoxy) is 2. The van der Waals surface area contributed by atoms with Crippen LogP contribution in [0.15, 0.2) is 42.5 Å². The second-order valence-electron chi connectivity index (χ2n) is 4.50. The average molecular weight is 275 g/mol. The smallest absolute Gasteiger partial charge is 0.139 e. The van der Waals surface area contributed by atoms with Crippen molar-refractivity contribution in [2.75, 3.05) is 13.7 Å². The minimum Gasteiger partial charge on any atom is -0.496 e. The van der Waals surface area contributed by atoms with E-state index in [4.69, 9.17) is 15.2 Å². The molecule has 3 nitrogen and oxygen atoms in total. The molecule has 2 rings (SSSR count). The van der Waals surface area contributed by atoms with Gasteiger partial charge in [-0.15, -0.1) is 0 Å². The fourth-order valence-corrected chi connectivity index (χ4v) is 2.03. The fraction of sp³-hybridized carbons (Fsp3) is 0.250. The first-order chi connectivity index (χ1) is 9.65. The van der Waals surface area contributed by atoms with Crippen LogP contribution in [-0.2, 0) is 0 Å². The Morgan fingerprint density at radius 2 is 1.95 bits per heavy atom. The molecule has 0 aliphatic rings. The summed E-state index contributed by atoms with van der Waals surface area (Å²) in [5.74, 6) is 1.06. The van der Waals surface area contributed by atoms with Gasteiger partial charge in [-0.05, 0) is 36.8 Å². The maximum atomic E-state index is 13.3. The number of aryl methyl sites for hydroxylation is 1. The van der Waals surface area contributed by atoms with Crippen molar-refractivity contribution in [2.24, 2.45) is 5.73 Å². The summed E-state index contributed by atoms with van der Waals surface area (Å²) in [6.45, 7) is 2.00. The standard InChI is InChI=1S/C16H18FNO2/c1-11-9-12(7-8-14(11)17)20-16(10-18)13-5-3-4-6-15(13)19-2/h3-9,16H,10,18H2,1-2H3. The second kappa shape index (κ2) is 6.39. The number of rotatable bonds is 5. The lowest BCUT2D eigenvalue weighted by Crippen LogP contribution is -2.19. The number of para-hydroxylation sites is 1. The fourth-order valence-electron chi connectivity index (χ4n) is 2.03. The van der Waals surface area contributed by atoms with Crippen LogP contribution in [0.1, 0.15) is 17.2 Å². The van der Waals surface area contributed by atoms with Gasteiger partial charge < -0.3 is 15.2 Å². The van der Waals surface area contributed by atoms with Gasteiger partial charge in [0.2, 0.25) is 0 Å². The van der Waals surface area contributed by atoms with Gasteiger partial charge in [-0.2, -0.15) is 0 Å². The Morgan fingerprint density at radius 3 is 2.60 bits per heavy atom. The molecule has 0 heterocycles. The first-order valence-electron chi connectivity index (χ1n) is 6.41. The molecular formula is C16H18FNO2. The molecule has 0 saturated heterocycles. The molecule has 0 spiro atoms. The van der Waals surface area contributed by atoms with Gasteiger partial charge in [0, 0.05) is 12.1 Å². The van der Waals surface area contributed by atoms with Gasteiger partial charge in [-0.1, -0.05) is 18.2 Å². The van der Waals surface area contributed by atoms with Gasteiger partial charge in [-0.25, -0.2) is 4.39 Å². The van der Waals surface area contributed by atoms with E-state index in [1.54, 1.807) is 26.2 Å². The molecule has 0 fully saturated rings. The Morgan fingerprint density at radius 1 is 1.20 bits per heavy atom. The number of hydrogen-bond donors (Lipinski definition) is 1. The second-order valence-corrected chi connectivity index (χ2v) is 4.50. The van der Waals surface area contributed by atoms with E-state index in [-0.39, 0.29) is 11.9 Å². The van der Waals surface area contributed by atoms with Crippen LogP contribution in [0.3, 0.4) is 0 Å². The van der Waals surface area contributed by atoms with Gasteiger partial charge in [0.25, 0.3) is 0 Å². The van der Waals surface area contributed by atoms with Gasteiger partial charge in [0.1, 0.15) is 23.4 Å². The van der Waals surface area contributed by atoms with Crippen molar-refractivity contribution in [3.63, 3.8) is 0 Å². The minimum absolute atomic E-state index is 0.251. The molecule has 20 heavy (non-hydrogen) atoms. The Bertz CT molecular complexity index is 586. The number of methoxy groups -OCH3 is 1. The van der Waals surface area contributed by atoms with Crippen molar-refractivity contribution in [2.45, 2.75) is 13.0 Å². The molecular weight excluding hydrogens is 257 g/mol. The van der Waals surface area contributed by atoms with Crippen molar-refractivity contribution < 1.29 is 13.9 Å². The number of hydrogen-bond acceptors (Lipinski definition) is 3. The van der Waals surface area contributed by atoms with Crippen LogP contribution in [0.25, 0.3) is 0 Å². The Labute approximate surface area is 118 Å². The lowest BCUT2D eigenvalue weighted by atomic mass is 10.1. The predicted molar refractivity (Wildman–Crippen MR) is 76.6 cm³/mol. The van der Waals surface area contributed by atoms with Crippen LogP contribution in [0.5, 0.6) is 11.5 Å². The van der Waals surface area contributed by atoms with Crippen molar-refractivity contribution >= 4 is 0 Å². The molecule has 0 aromatic heterocycles. The normalized spacial score (nSPS) is 12.0. The first kappa shape index (κ1) is 14.3. The van der Waals surface area contributed by atoms with E-state index in [1.165, 1.54) is 6.07 Å². The van der Waals surface area contributed by atoms with E-state index in [0.29, 0.717) is 17.9 Å². The van der Waals surface area contributed by atoms with Gasteiger partial charge >= 0.3 is 0 Å². The highest BCUT2D eigenvalue weighted by Crippen LogP contribution is 2.29. The summed E-state index contributed by atoms with van der Waals surface area (Å²) in [7, 11) is 1.61. The van der Waals surface area contributed by atoms with Crippen LogP contribution in [-0.4, -0.2) is 13.7 Å². The van der Waals surface area contributed by atoms with Gasteiger partial charge in [0.05, 0.1) is 7.11 Å². The topological polar surface area (TPSA) is 44.5 Å². The number of halogens is 1. The lowest BCUT2D eigenvalue weighted by molar-refractivity contribution is 0.208. The molecule has 0 amide bonds. The zero-order chi connectivity index (χ0) is 14.5. The largest absolute Gasteiger partial charge is 0.496 e. The van der Waals surface area contributed by atoms with E-state index < -0.39 is 0 Å². The monoisotopic (exact) mass is 275 g/mol. The highest BCUT2D eigenvalue weighted by molar-refractivity contribution is 5.37. The molecule has 0 radical (unpaired) electrons. The van der Waals surface area contributed by atoms with E-state index >= 15 is 0 Å². The van der Waals surface area contributed by atoms with Crippen LogP contribution in [0, 0.1) is 12.7 Å². The SMILES string of the molecule is COc1ccccc1C(CN)Oc1ccc(F)c(C)c1. The molecule has 2 N–H and O–H groups in total. The summed E-state index contributed by atoms with van der Waals surface area (Å²) < 4.78 is 24.4. The maximum absolute atomic E-state index is 13.3. The molecule has 1 unspecified atom stereocenters. The van der Waals surface area contributed by atoms with E-state index in [9.17, 15) is 4.39 Å². The first-order valence-corrected chi connectivity index (χ1v) is 6.41. The third kappa shape index (κ3) is 3.08. The molecule has 0 aliphatic heterocycles. The molecule has 1 atom stereocenters. The highest BCUT2D eigenvalue weighted by atomic mass is 19.1. The van der Waals surface area contributed by atoms with Gasteiger partial charge in [-0.3, -0.25) is 0 Å². The zero-order valence-electron chi connectivity index (χ0n) is 11.6. The van der Waals surface area contributed by atoms with Crippen LogP contribution in [0.4, 0.5) is 4.39 Å². The van der Waals surface area contributed by atoms with Gasteiger partial charge in [0.15, 0.2) is 0 Å². The lowest BCUT2D eigenvalue weighted by Gasteiger charge is -2.20. The molecule has 4 heteroatoms. The molecule has 2 aromatic rings. The van der Waals surface area contributed by atoms with Crippen molar-refractivity contribution in [1.82, 2.24) is 0 Å². The zero-order valence-corrected chi connectivity index (χ0v) is 11.6. The van der Waals surface area contributed by atoms with Crippen LogP contribution >= 0.6 is 0 Å². The van der Waals surface area contributed by atoms with E-state index in [0.717, 1.165) is 11.3 Å². The van der Waals surface area contributed by atoms with Crippen LogP contribution < -0.4 is 15.2 Å². The summed E-state index contributed by atoms with van der Waals surface area (Å²) in [6.07, 6.45) is -0.337. The molecule has 106 valence electrons. The molecule has 0 bridgehead atoms.